The van der Waals surface area contributed by atoms with Gasteiger partial charge in [0.2, 0.25) is 0 Å². The topological polar surface area (TPSA) is 75.6 Å². The fourth-order valence-corrected chi connectivity index (χ4v) is 4.33. The maximum absolute atomic E-state index is 11.3. The molecule has 0 aromatic heterocycles. The van der Waals surface area contributed by atoms with E-state index >= 15 is 0 Å². The number of aliphatic hydroxyl groups excluding tert-OH is 1. The Morgan fingerprint density at radius 3 is 2.61 bits per heavy atom. The molecule has 2 unspecified atom stereocenters. The largest absolute Gasteiger partial charge is 0.389 e. The van der Waals surface area contributed by atoms with Gasteiger partial charge in [0.15, 0.2) is 9.84 Å². The van der Waals surface area contributed by atoms with Crippen molar-refractivity contribution in [2.75, 3.05) is 24.7 Å². The summed E-state index contributed by atoms with van der Waals surface area (Å²) < 4.78 is 28.1. The lowest BCUT2D eigenvalue weighted by Crippen LogP contribution is -2.38. The molecule has 2 N–H and O–H groups in total. The molecule has 1 aliphatic heterocycles. The maximum atomic E-state index is 11.3. The van der Waals surface area contributed by atoms with Gasteiger partial charge in [-0.25, -0.2) is 8.42 Å². The number of nitrogens with one attached hydrogen (secondary N) is 1. The average molecular weight is 277 g/mol. The Balaban J connectivity index is 1.58. The van der Waals surface area contributed by atoms with Gasteiger partial charge in [-0.15, -0.1) is 0 Å². The smallest absolute Gasteiger partial charge is 0.151 e. The summed E-state index contributed by atoms with van der Waals surface area (Å²) in [5.74, 6) is 0.461. The summed E-state index contributed by atoms with van der Waals surface area (Å²) >= 11 is 0. The normalized spacial score (nSPS) is 29.7. The summed E-state index contributed by atoms with van der Waals surface area (Å²) in [4.78, 5) is 0. The minimum atomic E-state index is -2.84. The second kappa shape index (κ2) is 6.32. The van der Waals surface area contributed by atoms with E-state index in [1.54, 1.807) is 0 Å². The molecule has 0 amide bonds. The third kappa shape index (κ3) is 4.50. The minimum absolute atomic E-state index is 0.00358. The molecule has 0 aromatic carbocycles. The Kier molecular flexibility index (Phi) is 5.00. The van der Waals surface area contributed by atoms with Crippen LogP contribution in [-0.4, -0.2) is 56.4 Å². The van der Waals surface area contributed by atoms with Crippen LogP contribution in [-0.2, 0) is 14.6 Å². The van der Waals surface area contributed by atoms with Crippen LogP contribution in [0.5, 0.6) is 0 Å². The number of ether oxygens (including phenoxy) is 1. The van der Waals surface area contributed by atoms with E-state index in [9.17, 15) is 13.5 Å². The van der Waals surface area contributed by atoms with Crippen LogP contribution >= 0.6 is 0 Å². The van der Waals surface area contributed by atoms with Crippen LogP contribution in [0.3, 0.4) is 0 Å². The van der Waals surface area contributed by atoms with E-state index in [2.05, 4.69) is 5.32 Å². The third-order valence-electron chi connectivity index (χ3n) is 3.70. The highest BCUT2D eigenvalue weighted by Crippen LogP contribution is 2.20. The number of sulfone groups is 1. The van der Waals surface area contributed by atoms with Crippen LogP contribution in [0.15, 0.2) is 0 Å². The molecule has 1 saturated carbocycles. The molecule has 1 aliphatic carbocycles. The quantitative estimate of drug-likeness (QED) is 0.719. The second-order valence-electron chi connectivity index (χ2n) is 5.40. The van der Waals surface area contributed by atoms with Crippen molar-refractivity contribution in [2.45, 2.75) is 50.4 Å². The molecule has 2 fully saturated rings. The lowest BCUT2D eigenvalue weighted by molar-refractivity contribution is -0.00601. The van der Waals surface area contributed by atoms with Gasteiger partial charge in [-0.1, -0.05) is 12.8 Å². The molecule has 0 bridgehead atoms. The van der Waals surface area contributed by atoms with Crippen molar-refractivity contribution in [1.82, 2.24) is 5.32 Å². The zero-order chi connectivity index (χ0) is 13.0. The molecule has 2 aliphatic rings. The molecule has 0 spiro atoms. The first-order chi connectivity index (χ1) is 8.55. The Morgan fingerprint density at radius 2 is 2.00 bits per heavy atom. The van der Waals surface area contributed by atoms with Crippen LogP contribution in [0.4, 0.5) is 0 Å². The second-order valence-corrected chi connectivity index (χ2v) is 7.63. The molecule has 5 nitrogen and oxygen atoms in total. The predicted octanol–water partition coefficient (Wildman–Crippen LogP) is 0.0832. The van der Waals surface area contributed by atoms with Gasteiger partial charge >= 0.3 is 0 Å². The van der Waals surface area contributed by atoms with Gasteiger partial charge in [-0.3, -0.25) is 0 Å². The van der Waals surface area contributed by atoms with Crippen LogP contribution in [0.25, 0.3) is 0 Å². The highest BCUT2D eigenvalue weighted by molar-refractivity contribution is 7.91. The molecule has 106 valence electrons. The highest BCUT2D eigenvalue weighted by Gasteiger charge is 2.27. The lowest BCUT2D eigenvalue weighted by atomic mass is 10.2. The van der Waals surface area contributed by atoms with Crippen LogP contribution in [0.2, 0.25) is 0 Å². The van der Waals surface area contributed by atoms with Gasteiger partial charge < -0.3 is 15.2 Å². The van der Waals surface area contributed by atoms with Gasteiger partial charge in [0, 0.05) is 12.6 Å². The number of hydrogen-bond acceptors (Lipinski definition) is 5. The van der Waals surface area contributed by atoms with Gasteiger partial charge in [-0.2, -0.15) is 0 Å². The molecule has 1 saturated heterocycles. The molecule has 6 heteroatoms. The van der Waals surface area contributed by atoms with Gasteiger partial charge in [0.05, 0.1) is 30.3 Å². The fraction of sp³-hybridized carbons (Fsp3) is 1.00. The first-order valence-corrected chi connectivity index (χ1v) is 8.61. The Morgan fingerprint density at radius 1 is 1.28 bits per heavy atom. The molecular formula is C12H23NO4S. The summed E-state index contributed by atoms with van der Waals surface area (Å²) in [6.07, 6.45) is 5.05. The standard InChI is InChI=1S/C12H23NO4S/c14-11(8-17-12-3-1-2-4-12)7-13-10-5-6-18(15,16)9-10/h10-14H,1-9H2. The van der Waals surface area contributed by atoms with Crippen molar-refractivity contribution in [3.63, 3.8) is 0 Å². The Bertz CT molecular complexity index is 351. The molecule has 0 radical (unpaired) electrons. The first-order valence-electron chi connectivity index (χ1n) is 6.78. The van der Waals surface area contributed by atoms with Crippen molar-refractivity contribution in [2.24, 2.45) is 0 Å². The van der Waals surface area contributed by atoms with Crippen molar-refractivity contribution in [1.29, 1.82) is 0 Å². The lowest BCUT2D eigenvalue weighted by Gasteiger charge is -2.18. The van der Waals surface area contributed by atoms with Crippen molar-refractivity contribution >= 4 is 9.84 Å². The zero-order valence-corrected chi connectivity index (χ0v) is 11.5. The highest BCUT2D eigenvalue weighted by atomic mass is 32.2. The Hall–Kier alpha value is -0.170. The van der Waals surface area contributed by atoms with Gasteiger partial charge in [0.25, 0.3) is 0 Å². The molecular weight excluding hydrogens is 254 g/mol. The molecule has 18 heavy (non-hydrogen) atoms. The average Bonchev–Trinajstić information content (AvgIpc) is 2.93. The van der Waals surface area contributed by atoms with E-state index in [0.717, 1.165) is 12.8 Å². The summed E-state index contributed by atoms with van der Waals surface area (Å²) in [5, 5.41) is 12.9. The van der Waals surface area contributed by atoms with Crippen LogP contribution in [0.1, 0.15) is 32.1 Å². The van der Waals surface area contributed by atoms with Crippen molar-refractivity contribution in [3.05, 3.63) is 0 Å². The summed E-state index contributed by atoms with van der Waals surface area (Å²) in [5.41, 5.74) is 0. The van der Waals surface area contributed by atoms with Gasteiger partial charge in [-0.05, 0) is 19.3 Å². The number of hydrogen-bond donors (Lipinski definition) is 2. The van der Waals surface area contributed by atoms with Crippen LogP contribution < -0.4 is 5.32 Å². The van der Waals surface area contributed by atoms with E-state index in [1.165, 1.54) is 12.8 Å². The monoisotopic (exact) mass is 277 g/mol. The van der Waals surface area contributed by atoms with Crippen LogP contribution in [0, 0.1) is 0 Å². The summed E-state index contributed by atoms with van der Waals surface area (Å²) in [7, 11) is -2.84. The molecule has 2 rings (SSSR count). The number of rotatable bonds is 6. The third-order valence-corrected chi connectivity index (χ3v) is 5.47. The predicted molar refractivity (Wildman–Crippen MR) is 69.3 cm³/mol. The van der Waals surface area contributed by atoms with E-state index in [1.807, 2.05) is 0 Å². The molecule has 1 heterocycles. The molecule has 2 atom stereocenters. The molecule has 0 aromatic rings. The summed E-state index contributed by atoms with van der Waals surface area (Å²) in [6, 6.07) is -0.00358. The summed E-state index contributed by atoms with van der Waals surface area (Å²) in [6.45, 7) is 0.754. The van der Waals surface area contributed by atoms with E-state index in [-0.39, 0.29) is 17.5 Å². The SMILES string of the molecule is O=S1(=O)CCC(NCC(O)COC2CCCC2)C1. The Labute approximate surface area is 109 Å². The van der Waals surface area contributed by atoms with Crippen molar-refractivity contribution < 1.29 is 18.3 Å². The fourth-order valence-electron chi connectivity index (χ4n) is 2.62. The van der Waals surface area contributed by atoms with Gasteiger partial charge in [0.1, 0.15) is 0 Å². The van der Waals surface area contributed by atoms with E-state index < -0.39 is 15.9 Å². The maximum Gasteiger partial charge on any atom is 0.151 e. The van der Waals surface area contributed by atoms with Crippen molar-refractivity contribution in [3.8, 4) is 0 Å². The number of aliphatic hydroxyl groups is 1. The first kappa shape index (κ1) is 14.2. The zero-order valence-electron chi connectivity index (χ0n) is 10.7. The van der Waals surface area contributed by atoms with E-state index in [0.29, 0.717) is 25.7 Å². The van der Waals surface area contributed by atoms with E-state index in [4.69, 9.17) is 4.74 Å². The minimum Gasteiger partial charge on any atom is -0.389 e.